The van der Waals surface area contributed by atoms with Gasteiger partial charge in [-0.3, -0.25) is 4.90 Å². The van der Waals surface area contributed by atoms with E-state index in [2.05, 4.69) is 36.1 Å². The van der Waals surface area contributed by atoms with E-state index in [1.807, 2.05) is 0 Å². The summed E-state index contributed by atoms with van der Waals surface area (Å²) >= 11 is 0. The maximum atomic E-state index is 10.0. The van der Waals surface area contributed by atoms with E-state index in [-0.39, 0.29) is 0 Å². The van der Waals surface area contributed by atoms with Gasteiger partial charge in [0.15, 0.2) is 0 Å². The van der Waals surface area contributed by atoms with Gasteiger partial charge in [-0.1, -0.05) is 29.8 Å². The number of nitrogens with two attached hydrogens (primary N) is 1. The van der Waals surface area contributed by atoms with Crippen LogP contribution in [0.1, 0.15) is 24.0 Å². The van der Waals surface area contributed by atoms with Gasteiger partial charge >= 0.3 is 0 Å². The van der Waals surface area contributed by atoms with Crippen molar-refractivity contribution >= 4 is 0 Å². The van der Waals surface area contributed by atoms with Crippen LogP contribution in [0.25, 0.3) is 0 Å². The summed E-state index contributed by atoms with van der Waals surface area (Å²) in [5.74, 6) is 0. The van der Waals surface area contributed by atoms with E-state index in [1.54, 1.807) is 0 Å². The zero-order chi connectivity index (χ0) is 12.3. The highest BCUT2D eigenvalue weighted by Gasteiger charge is 2.30. The summed E-state index contributed by atoms with van der Waals surface area (Å²) in [5.41, 5.74) is 7.60. The second-order valence-corrected chi connectivity index (χ2v) is 5.19. The number of piperidine rings is 1. The second-order valence-electron chi connectivity index (χ2n) is 5.19. The fourth-order valence-electron chi connectivity index (χ4n) is 2.28. The smallest absolute Gasteiger partial charge is 0.0793 e. The Morgan fingerprint density at radius 1 is 1.24 bits per heavy atom. The molecular weight excluding hydrogens is 212 g/mol. The van der Waals surface area contributed by atoms with Gasteiger partial charge in [0.2, 0.25) is 0 Å². The Balaban J connectivity index is 1.88. The minimum Gasteiger partial charge on any atom is -0.388 e. The molecule has 1 heterocycles. The molecule has 0 saturated carbocycles. The fraction of sp³-hybridized carbons (Fsp3) is 0.571. The number of aliphatic hydroxyl groups is 1. The third kappa shape index (κ3) is 3.28. The molecule has 3 N–H and O–H groups in total. The Bertz CT molecular complexity index is 353. The summed E-state index contributed by atoms with van der Waals surface area (Å²) in [6.07, 6.45) is 1.57. The lowest BCUT2D eigenvalue weighted by Gasteiger charge is -2.37. The quantitative estimate of drug-likeness (QED) is 0.828. The molecule has 3 heteroatoms. The number of nitrogens with zero attached hydrogens (tertiary/aromatic N) is 1. The summed E-state index contributed by atoms with van der Waals surface area (Å²) in [6, 6.07) is 8.66. The Labute approximate surface area is 103 Å². The van der Waals surface area contributed by atoms with Gasteiger partial charge in [-0.05, 0) is 25.3 Å². The SMILES string of the molecule is Cc1ccc(CN2CCC(O)(CN)CC2)cc1. The highest BCUT2D eigenvalue weighted by atomic mass is 16.3. The van der Waals surface area contributed by atoms with Crippen LogP contribution in [0.2, 0.25) is 0 Å². The van der Waals surface area contributed by atoms with Crippen LogP contribution in [-0.2, 0) is 6.54 Å². The van der Waals surface area contributed by atoms with E-state index in [0.717, 1.165) is 32.5 Å². The maximum Gasteiger partial charge on any atom is 0.0793 e. The molecule has 0 unspecified atom stereocenters. The van der Waals surface area contributed by atoms with Crippen molar-refractivity contribution < 1.29 is 5.11 Å². The van der Waals surface area contributed by atoms with Crippen molar-refractivity contribution in [2.45, 2.75) is 31.9 Å². The standard InChI is InChI=1S/C14H22N2O/c1-12-2-4-13(5-3-12)10-16-8-6-14(17,11-15)7-9-16/h2-5,17H,6-11,15H2,1H3. The normalized spacial score (nSPS) is 20.4. The zero-order valence-corrected chi connectivity index (χ0v) is 10.5. The average molecular weight is 234 g/mol. The second kappa shape index (κ2) is 5.17. The number of hydrogen-bond acceptors (Lipinski definition) is 3. The fourth-order valence-corrected chi connectivity index (χ4v) is 2.28. The predicted molar refractivity (Wildman–Crippen MR) is 69.7 cm³/mol. The monoisotopic (exact) mass is 234 g/mol. The summed E-state index contributed by atoms with van der Waals surface area (Å²) in [5, 5.41) is 10.0. The van der Waals surface area contributed by atoms with Gasteiger partial charge in [0, 0.05) is 26.2 Å². The van der Waals surface area contributed by atoms with Crippen molar-refractivity contribution in [1.29, 1.82) is 0 Å². The molecule has 94 valence electrons. The number of rotatable bonds is 3. The molecule has 0 aliphatic carbocycles. The molecule has 1 aromatic carbocycles. The number of hydrogen-bond donors (Lipinski definition) is 2. The van der Waals surface area contributed by atoms with E-state index >= 15 is 0 Å². The first-order valence-electron chi connectivity index (χ1n) is 6.32. The zero-order valence-electron chi connectivity index (χ0n) is 10.5. The van der Waals surface area contributed by atoms with Gasteiger partial charge in [0.1, 0.15) is 0 Å². The molecular formula is C14H22N2O. The Kier molecular flexibility index (Phi) is 3.82. The summed E-state index contributed by atoms with van der Waals surface area (Å²) < 4.78 is 0. The average Bonchev–Trinajstić information content (AvgIpc) is 2.35. The molecule has 1 saturated heterocycles. The van der Waals surface area contributed by atoms with Crippen LogP contribution in [0.3, 0.4) is 0 Å². The Morgan fingerprint density at radius 3 is 2.35 bits per heavy atom. The van der Waals surface area contributed by atoms with Crippen LogP contribution in [0.15, 0.2) is 24.3 Å². The van der Waals surface area contributed by atoms with E-state index in [9.17, 15) is 5.11 Å². The number of aryl methyl sites for hydroxylation is 1. The van der Waals surface area contributed by atoms with Crippen molar-refractivity contribution in [2.24, 2.45) is 5.73 Å². The van der Waals surface area contributed by atoms with Crippen molar-refractivity contribution in [1.82, 2.24) is 4.90 Å². The van der Waals surface area contributed by atoms with Gasteiger partial charge in [-0.15, -0.1) is 0 Å². The largest absolute Gasteiger partial charge is 0.388 e. The number of benzene rings is 1. The van der Waals surface area contributed by atoms with Gasteiger partial charge in [-0.25, -0.2) is 0 Å². The summed E-state index contributed by atoms with van der Waals surface area (Å²) in [4.78, 5) is 2.38. The van der Waals surface area contributed by atoms with Crippen molar-refractivity contribution in [3.05, 3.63) is 35.4 Å². The molecule has 0 atom stereocenters. The number of likely N-dealkylation sites (tertiary alicyclic amines) is 1. The third-order valence-electron chi connectivity index (χ3n) is 3.69. The maximum absolute atomic E-state index is 10.0. The molecule has 0 bridgehead atoms. The predicted octanol–water partition coefficient (Wildman–Crippen LogP) is 1.28. The Morgan fingerprint density at radius 2 is 1.82 bits per heavy atom. The summed E-state index contributed by atoms with van der Waals surface area (Å²) in [7, 11) is 0. The minimum absolute atomic E-state index is 0.380. The van der Waals surface area contributed by atoms with Crippen molar-refractivity contribution in [3.63, 3.8) is 0 Å². The molecule has 0 spiro atoms. The van der Waals surface area contributed by atoms with E-state index in [1.165, 1.54) is 11.1 Å². The lowest BCUT2D eigenvalue weighted by Crippen LogP contribution is -2.48. The molecule has 0 aromatic heterocycles. The molecule has 0 amide bonds. The highest BCUT2D eigenvalue weighted by Crippen LogP contribution is 2.22. The van der Waals surface area contributed by atoms with Crippen LogP contribution in [0, 0.1) is 6.92 Å². The molecule has 17 heavy (non-hydrogen) atoms. The van der Waals surface area contributed by atoms with Crippen LogP contribution >= 0.6 is 0 Å². The highest BCUT2D eigenvalue weighted by molar-refractivity contribution is 5.21. The lowest BCUT2D eigenvalue weighted by atomic mass is 9.91. The van der Waals surface area contributed by atoms with E-state index in [4.69, 9.17) is 5.73 Å². The van der Waals surface area contributed by atoms with Gasteiger partial charge in [0.05, 0.1) is 5.60 Å². The van der Waals surface area contributed by atoms with E-state index in [0.29, 0.717) is 6.54 Å². The third-order valence-corrected chi connectivity index (χ3v) is 3.69. The molecule has 2 rings (SSSR count). The van der Waals surface area contributed by atoms with Gasteiger partial charge < -0.3 is 10.8 Å². The first-order valence-corrected chi connectivity index (χ1v) is 6.32. The first-order chi connectivity index (χ1) is 8.11. The van der Waals surface area contributed by atoms with Crippen molar-refractivity contribution in [2.75, 3.05) is 19.6 Å². The van der Waals surface area contributed by atoms with Crippen LogP contribution < -0.4 is 5.73 Å². The van der Waals surface area contributed by atoms with Crippen LogP contribution in [0.5, 0.6) is 0 Å². The van der Waals surface area contributed by atoms with Gasteiger partial charge in [0.25, 0.3) is 0 Å². The first kappa shape index (κ1) is 12.6. The molecule has 1 aliphatic rings. The molecule has 3 nitrogen and oxygen atoms in total. The van der Waals surface area contributed by atoms with Crippen LogP contribution in [-0.4, -0.2) is 35.2 Å². The topological polar surface area (TPSA) is 49.5 Å². The lowest BCUT2D eigenvalue weighted by molar-refractivity contribution is -0.0153. The molecule has 0 radical (unpaired) electrons. The molecule has 1 aromatic rings. The minimum atomic E-state index is -0.621. The molecule has 1 fully saturated rings. The summed E-state index contributed by atoms with van der Waals surface area (Å²) in [6.45, 7) is 5.32. The Hall–Kier alpha value is -0.900. The molecule has 1 aliphatic heterocycles. The van der Waals surface area contributed by atoms with Gasteiger partial charge in [-0.2, -0.15) is 0 Å². The van der Waals surface area contributed by atoms with E-state index < -0.39 is 5.60 Å². The van der Waals surface area contributed by atoms with Crippen molar-refractivity contribution in [3.8, 4) is 0 Å². The van der Waals surface area contributed by atoms with Crippen LogP contribution in [0.4, 0.5) is 0 Å².